The summed E-state index contributed by atoms with van der Waals surface area (Å²) < 4.78 is 1.19. The van der Waals surface area contributed by atoms with Crippen molar-refractivity contribution in [2.24, 2.45) is 5.92 Å². The van der Waals surface area contributed by atoms with E-state index < -0.39 is 5.97 Å². The number of benzene rings is 2. The van der Waals surface area contributed by atoms with E-state index in [1.54, 1.807) is 12.1 Å². The molecular weight excluding hydrogens is 450 g/mol. The molecule has 0 fully saturated rings. The van der Waals surface area contributed by atoms with Gasteiger partial charge in [-0.15, -0.1) is 11.8 Å². The summed E-state index contributed by atoms with van der Waals surface area (Å²) in [6.45, 7) is 6.67. The molecule has 2 aromatic carbocycles. The number of carbonyl (C=O) groups excluding carboxylic acids is 1. The minimum Gasteiger partial charge on any atom is -0.481 e. The third kappa shape index (κ3) is 7.86. The fourth-order valence-corrected chi connectivity index (χ4v) is 4.32. The average Bonchev–Trinajstić information content (AvgIpc) is 2.68. The van der Waals surface area contributed by atoms with Crippen LogP contribution in [0.5, 0.6) is 0 Å². The number of carboxylic acid groups (broad SMARTS) is 1. The second-order valence-electron chi connectivity index (χ2n) is 7.42. The Morgan fingerprint density at radius 2 is 1.76 bits per heavy atom. The van der Waals surface area contributed by atoms with Crippen LogP contribution >= 0.6 is 27.7 Å². The molecule has 0 aliphatic heterocycles. The van der Waals surface area contributed by atoms with Gasteiger partial charge in [0.05, 0.1) is 6.42 Å². The highest BCUT2D eigenvalue weighted by molar-refractivity contribution is 9.10. The van der Waals surface area contributed by atoms with E-state index in [2.05, 4.69) is 54.2 Å². The fraction of sp³-hybridized carbons (Fsp3) is 0.391. The number of aliphatic carboxylic acids is 1. The van der Waals surface area contributed by atoms with Crippen LogP contribution in [-0.2, 0) is 11.2 Å². The standard InChI is InChI=1S/C23H28BrNO3S/c1-15(14-29-20-12-16(2)22(24)17(3)13-20)4-5-18-6-8-19(9-7-18)23(28)25-11-10-21(26)27/h6-9,12-13,15H,4-5,10-11,14H2,1-3H3,(H,25,28)(H,26,27). The van der Waals surface area contributed by atoms with Crippen LogP contribution in [-0.4, -0.2) is 29.3 Å². The predicted molar refractivity (Wildman–Crippen MR) is 123 cm³/mol. The molecule has 2 N–H and O–H groups in total. The monoisotopic (exact) mass is 477 g/mol. The molecule has 2 aromatic rings. The molecule has 0 aliphatic carbocycles. The lowest BCUT2D eigenvalue weighted by atomic mass is 10.0. The number of hydrogen-bond acceptors (Lipinski definition) is 3. The van der Waals surface area contributed by atoms with Gasteiger partial charge in [-0.2, -0.15) is 0 Å². The number of aryl methyl sites for hydroxylation is 3. The number of carbonyl (C=O) groups is 2. The van der Waals surface area contributed by atoms with Crippen molar-refractivity contribution in [3.8, 4) is 0 Å². The van der Waals surface area contributed by atoms with E-state index in [0.717, 1.165) is 18.6 Å². The van der Waals surface area contributed by atoms with Crippen molar-refractivity contribution in [1.82, 2.24) is 5.32 Å². The van der Waals surface area contributed by atoms with Crippen LogP contribution in [0.2, 0.25) is 0 Å². The second-order valence-corrected chi connectivity index (χ2v) is 9.31. The van der Waals surface area contributed by atoms with Gasteiger partial charge in [0.25, 0.3) is 5.91 Å². The quantitative estimate of drug-likeness (QED) is 0.435. The molecule has 1 unspecified atom stereocenters. The molecule has 0 aromatic heterocycles. The van der Waals surface area contributed by atoms with Crippen molar-refractivity contribution in [2.75, 3.05) is 12.3 Å². The molecule has 0 spiro atoms. The molecule has 156 valence electrons. The largest absolute Gasteiger partial charge is 0.481 e. The van der Waals surface area contributed by atoms with E-state index in [1.807, 2.05) is 23.9 Å². The van der Waals surface area contributed by atoms with E-state index in [4.69, 9.17) is 5.11 Å². The summed E-state index contributed by atoms with van der Waals surface area (Å²) in [6.07, 6.45) is 1.99. The van der Waals surface area contributed by atoms with Gasteiger partial charge in [0.1, 0.15) is 0 Å². The first-order valence-electron chi connectivity index (χ1n) is 9.74. The van der Waals surface area contributed by atoms with Gasteiger partial charge in [-0.05, 0) is 73.6 Å². The van der Waals surface area contributed by atoms with Gasteiger partial charge in [-0.25, -0.2) is 0 Å². The first-order chi connectivity index (χ1) is 13.8. The molecule has 0 saturated carbocycles. The molecule has 0 bridgehead atoms. The lowest BCUT2D eigenvalue weighted by molar-refractivity contribution is -0.136. The minimum atomic E-state index is -0.918. The van der Waals surface area contributed by atoms with Crippen molar-refractivity contribution >= 4 is 39.6 Å². The Balaban J connectivity index is 1.77. The Bertz CT molecular complexity index is 829. The van der Waals surface area contributed by atoms with Crippen molar-refractivity contribution in [1.29, 1.82) is 0 Å². The van der Waals surface area contributed by atoms with Crippen LogP contribution < -0.4 is 5.32 Å². The summed E-state index contributed by atoms with van der Waals surface area (Å²) in [6, 6.07) is 12.0. The number of rotatable bonds is 10. The number of thioether (sulfide) groups is 1. The lowest BCUT2D eigenvalue weighted by Crippen LogP contribution is -2.25. The Morgan fingerprint density at radius 1 is 1.14 bits per heavy atom. The molecule has 4 nitrogen and oxygen atoms in total. The van der Waals surface area contributed by atoms with Crippen molar-refractivity contribution < 1.29 is 14.7 Å². The summed E-state index contributed by atoms with van der Waals surface area (Å²) in [4.78, 5) is 23.8. The summed E-state index contributed by atoms with van der Waals surface area (Å²) in [7, 11) is 0. The van der Waals surface area contributed by atoms with Gasteiger partial charge >= 0.3 is 5.97 Å². The smallest absolute Gasteiger partial charge is 0.305 e. The second kappa shape index (κ2) is 11.4. The van der Waals surface area contributed by atoms with Crippen LogP contribution in [0.3, 0.4) is 0 Å². The van der Waals surface area contributed by atoms with E-state index in [-0.39, 0.29) is 18.9 Å². The zero-order chi connectivity index (χ0) is 21.4. The van der Waals surface area contributed by atoms with Gasteiger partial charge in [-0.1, -0.05) is 35.0 Å². The summed E-state index contributed by atoms with van der Waals surface area (Å²) in [5, 5.41) is 11.2. The van der Waals surface area contributed by atoms with Crippen LogP contribution in [0.4, 0.5) is 0 Å². The maximum Gasteiger partial charge on any atom is 0.305 e. The van der Waals surface area contributed by atoms with E-state index in [9.17, 15) is 9.59 Å². The van der Waals surface area contributed by atoms with Crippen LogP contribution in [0.15, 0.2) is 45.8 Å². The highest BCUT2D eigenvalue weighted by atomic mass is 79.9. The maximum atomic E-state index is 12.0. The Hall–Kier alpha value is -1.79. The molecular formula is C23H28BrNO3S. The van der Waals surface area contributed by atoms with Crippen molar-refractivity contribution in [3.05, 3.63) is 63.1 Å². The molecule has 0 radical (unpaired) electrons. The molecule has 1 amide bonds. The average molecular weight is 478 g/mol. The lowest BCUT2D eigenvalue weighted by Gasteiger charge is -2.13. The maximum absolute atomic E-state index is 12.0. The van der Waals surface area contributed by atoms with Crippen LogP contribution in [0, 0.1) is 19.8 Å². The third-order valence-corrected chi connectivity index (χ3v) is 7.27. The van der Waals surface area contributed by atoms with Crippen molar-refractivity contribution in [2.45, 2.75) is 44.9 Å². The summed E-state index contributed by atoms with van der Waals surface area (Å²) >= 11 is 5.52. The highest BCUT2D eigenvalue weighted by Gasteiger charge is 2.09. The SMILES string of the molecule is Cc1cc(SCC(C)CCc2ccc(C(=O)NCCC(=O)O)cc2)cc(C)c1Br. The predicted octanol–water partition coefficient (Wildman–Crippen LogP) is 5.63. The number of hydrogen-bond donors (Lipinski definition) is 2. The van der Waals surface area contributed by atoms with Crippen LogP contribution in [0.1, 0.15) is 46.8 Å². The topological polar surface area (TPSA) is 66.4 Å². The summed E-state index contributed by atoms with van der Waals surface area (Å²) in [5.41, 5.74) is 4.31. The van der Waals surface area contributed by atoms with Crippen LogP contribution in [0.25, 0.3) is 0 Å². The fourth-order valence-electron chi connectivity index (χ4n) is 2.93. The number of amides is 1. The minimum absolute atomic E-state index is 0.0703. The Morgan fingerprint density at radius 3 is 2.34 bits per heavy atom. The molecule has 0 heterocycles. The first-order valence-corrected chi connectivity index (χ1v) is 11.5. The first kappa shape index (κ1) is 23.5. The Labute approximate surface area is 185 Å². The normalized spacial score (nSPS) is 11.9. The zero-order valence-electron chi connectivity index (χ0n) is 17.1. The Kier molecular flexibility index (Phi) is 9.24. The van der Waals surface area contributed by atoms with Gasteiger partial charge < -0.3 is 10.4 Å². The molecule has 29 heavy (non-hydrogen) atoms. The number of nitrogens with one attached hydrogen (secondary N) is 1. The molecule has 6 heteroatoms. The number of halogens is 1. The summed E-state index contributed by atoms with van der Waals surface area (Å²) in [5.74, 6) is 0.508. The van der Waals surface area contributed by atoms with Gasteiger partial charge in [-0.3, -0.25) is 9.59 Å². The van der Waals surface area contributed by atoms with Crippen molar-refractivity contribution in [3.63, 3.8) is 0 Å². The third-order valence-electron chi connectivity index (χ3n) is 4.71. The molecule has 1 atom stereocenters. The van der Waals surface area contributed by atoms with E-state index in [1.165, 1.54) is 26.1 Å². The van der Waals surface area contributed by atoms with E-state index >= 15 is 0 Å². The van der Waals surface area contributed by atoms with E-state index in [0.29, 0.717) is 11.5 Å². The molecule has 2 rings (SSSR count). The van der Waals surface area contributed by atoms with Gasteiger partial charge in [0.15, 0.2) is 0 Å². The highest BCUT2D eigenvalue weighted by Crippen LogP contribution is 2.29. The zero-order valence-corrected chi connectivity index (χ0v) is 19.5. The van der Waals surface area contributed by atoms with Gasteiger partial charge in [0.2, 0.25) is 0 Å². The number of carboxylic acids is 1. The molecule has 0 saturated heterocycles. The van der Waals surface area contributed by atoms with Gasteiger partial charge in [0, 0.05) is 27.2 Å². The molecule has 0 aliphatic rings.